The van der Waals surface area contributed by atoms with Crippen LogP contribution in [0.4, 0.5) is 5.82 Å². The fourth-order valence-corrected chi connectivity index (χ4v) is 1.86. The lowest BCUT2D eigenvalue weighted by molar-refractivity contribution is 0.820. The van der Waals surface area contributed by atoms with Gasteiger partial charge in [0.2, 0.25) is 0 Å². The SMILES string of the molecule is CSCC(N)c1c(C)ccnc1N. The highest BCUT2D eigenvalue weighted by atomic mass is 32.2. The van der Waals surface area contributed by atoms with E-state index in [-0.39, 0.29) is 6.04 Å². The molecule has 1 rings (SSSR count). The smallest absolute Gasteiger partial charge is 0.128 e. The molecule has 4 N–H and O–H groups in total. The zero-order chi connectivity index (χ0) is 9.84. The number of nitrogens with zero attached hydrogens (tertiary/aromatic N) is 1. The van der Waals surface area contributed by atoms with Crippen molar-refractivity contribution in [2.75, 3.05) is 17.7 Å². The summed E-state index contributed by atoms with van der Waals surface area (Å²) in [4.78, 5) is 4.03. The summed E-state index contributed by atoms with van der Waals surface area (Å²) in [7, 11) is 0. The molecule has 0 aliphatic rings. The molecule has 3 nitrogen and oxygen atoms in total. The zero-order valence-corrected chi connectivity index (χ0v) is 8.77. The molecule has 0 aliphatic heterocycles. The van der Waals surface area contributed by atoms with E-state index in [0.29, 0.717) is 5.82 Å². The van der Waals surface area contributed by atoms with Crippen molar-refractivity contribution in [1.82, 2.24) is 4.98 Å². The summed E-state index contributed by atoms with van der Waals surface area (Å²) in [6.07, 6.45) is 3.74. The molecule has 0 saturated heterocycles. The number of aromatic nitrogens is 1. The molecule has 0 fully saturated rings. The first-order valence-electron chi connectivity index (χ1n) is 4.12. The van der Waals surface area contributed by atoms with E-state index in [4.69, 9.17) is 11.5 Å². The third-order valence-corrected chi connectivity index (χ3v) is 2.65. The van der Waals surface area contributed by atoms with Gasteiger partial charge in [0.1, 0.15) is 5.82 Å². The van der Waals surface area contributed by atoms with E-state index in [2.05, 4.69) is 4.98 Å². The number of hydrogen-bond donors (Lipinski definition) is 2. The molecule has 4 heteroatoms. The van der Waals surface area contributed by atoms with Crippen molar-refractivity contribution in [2.45, 2.75) is 13.0 Å². The Bertz CT molecular complexity index is 268. The summed E-state index contributed by atoms with van der Waals surface area (Å²) >= 11 is 1.71. The van der Waals surface area contributed by atoms with E-state index in [1.807, 2.05) is 19.2 Å². The molecule has 1 atom stereocenters. The summed E-state index contributed by atoms with van der Waals surface area (Å²) in [5, 5.41) is 0. The first-order chi connectivity index (χ1) is 6.16. The van der Waals surface area contributed by atoms with Crippen LogP contribution in [0.15, 0.2) is 12.3 Å². The number of anilines is 1. The minimum absolute atomic E-state index is 0.0105. The van der Waals surface area contributed by atoms with Gasteiger partial charge in [0, 0.05) is 23.6 Å². The van der Waals surface area contributed by atoms with Crippen LogP contribution in [-0.4, -0.2) is 17.0 Å². The molecular formula is C9H15N3S. The van der Waals surface area contributed by atoms with Crippen molar-refractivity contribution in [3.8, 4) is 0 Å². The van der Waals surface area contributed by atoms with Gasteiger partial charge in [0.05, 0.1) is 0 Å². The first kappa shape index (κ1) is 10.3. The second-order valence-corrected chi connectivity index (χ2v) is 3.90. The summed E-state index contributed by atoms with van der Waals surface area (Å²) in [5.74, 6) is 1.43. The average Bonchev–Trinajstić information content (AvgIpc) is 2.04. The van der Waals surface area contributed by atoms with E-state index in [0.717, 1.165) is 16.9 Å². The predicted octanol–water partition coefficient (Wildman–Crippen LogP) is 1.34. The number of hydrogen-bond acceptors (Lipinski definition) is 4. The molecule has 0 saturated carbocycles. The second kappa shape index (κ2) is 4.48. The summed E-state index contributed by atoms with van der Waals surface area (Å²) in [6.45, 7) is 2.01. The lowest BCUT2D eigenvalue weighted by atomic mass is 10.1. The number of rotatable bonds is 3. The van der Waals surface area contributed by atoms with Crippen LogP contribution in [0.5, 0.6) is 0 Å². The molecular weight excluding hydrogens is 182 g/mol. The number of aryl methyl sites for hydroxylation is 1. The Hall–Kier alpha value is -0.740. The van der Waals surface area contributed by atoms with Gasteiger partial charge in [-0.05, 0) is 24.8 Å². The Balaban J connectivity index is 2.98. The fourth-order valence-electron chi connectivity index (χ4n) is 1.34. The van der Waals surface area contributed by atoms with Crippen LogP contribution in [0.25, 0.3) is 0 Å². The number of thioether (sulfide) groups is 1. The molecule has 0 aromatic carbocycles. The molecule has 0 bridgehead atoms. The topological polar surface area (TPSA) is 64.9 Å². The fraction of sp³-hybridized carbons (Fsp3) is 0.444. The van der Waals surface area contributed by atoms with Crippen molar-refractivity contribution in [3.05, 3.63) is 23.4 Å². The van der Waals surface area contributed by atoms with Gasteiger partial charge < -0.3 is 11.5 Å². The monoisotopic (exact) mass is 197 g/mol. The summed E-state index contributed by atoms with van der Waals surface area (Å²) in [5.41, 5.74) is 13.8. The van der Waals surface area contributed by atoms with Crippen molar-refractivity contribution in [1.29, 1.82) is 0 Å². The Morgan fingerprint density at radius 1 is 1.62 bits per heavy atom. The van der Waals surface area contributed by atoms with Crippen molar-refractivity contribution < 1.29 is 0 Å². The molecule has 1 aromatic rings. The van der Waals surface area contributed by atoms with Crippen LogP contribution in [0, 0.1) is 6.92 Å². The lowest BCUT2D eigenvalue weighted by Crippen LogP contribution is -2.17. The third kappa shape index (κ3) is 2.35. The van der Waals surface area contributed by atoms with Crippen LogP contribution >= 0.6 is 11.8 Å². The Morgan fingerprint density at radius 2 is 2.31 bits per heavy atom. The maximum absolute atomic E-state index is 5.97. The van der Waals surface area contributed by atoms with Crippen LogP contribution in [0.1, 0.15) is 17.2 Å². The quantitative estimate of drug-likeness (QED) is 0.767. The highest BCUT2D eigenvalue weighted by Gasteiger charge is 2.11. The van der Waals surface area contributed by atoms with E-state index < -0.39 is 0 Å². The molecule has 1 aromatic heterocycles. The van der Waals surface area contributed by atoms with Gasteiger partial charge in [0.15, 0.2) is 0 Å². The van der Waals surface area contributed by atoms with E-state index in [9.17, 15) is 0 Å². The highest BCUT2D eigenvalue weighted by molar-refractivity contribution is 7.98. The zero-order valence-electron chi connectivity index (χ0n) is 7.95. The van der Waals surface area contributed by atoms with Crippen LogP contribution < -0.4 is 11.5 Å². The third-order valence-electron chi connectivity index (χ3n) is 1.96. The molecule has 72 valence electrons. The standard InChI is InChI=1S/C9H15N3S/c1-6-3-4-12-9(11)8(6)7(10)5-13-2/h3-4,7H,5,10H2,1-2H3,(H2,11,12). The average molecular weight is 197 g/mol. The van der Waals surface area contributed by atoms with Gasteiger partial charge in [-0.2, -0.15) is 11.8 Å². The van der Waals surface area contributed by atoms with Gasteiger partial charge in [-0.3, -0.25) is 0 Å². The van der Waals surface area contributed by atoms with Crippen molar-refractivity contribution in [3.63, 3.8) is 0 Å². The van der Waals surface area contributed by atoms with Gasteiger partial charge in [-0.15, -0.1) is 0 Å². The van der Waals surface area contributed by atoms with Gasteiger partial charge in [0.25, 0.3) is 0 Å². The highest BCUT2D eigenvalue weighted by Crippen LogP contribution is 2.22. The molecule has 1 heterocycles. The van der Waals surface area contributed by atoms with Gasteiger partial charge in [-0.25, -0.2) is 4.98 Å². The minimum atomic E-state index is -0.0105. The lowest BCUT2D eigenvalue weighted by Gasteiger charge is -2.14. The van der Waals surface area contributed by atoms with E-state index >= 15 is 0 Å². The maximum atomic E-state index is 5.97. The van der Waals surface area contributed by atoms with Crippen molar-refractivity contribution in [2.24, 2.45) is 5.73 Å². The molecule has 0 aliphatic carbocycles. The number of pyridine rings is 1. The minimum Gasteiger partial charge on any atom is -0.383 e. The molecule has 13 heavy (non-hydrogen) atoms. The van der Waals surface area contributed by atoms with E-state index in [1.54, 1.807) is 18.0 Å². The number of nitrogen functional groups attached to an aromatic ring is 1. The predicted molar refractivity (Wildman–Crippen MR) is 58.7 cm³/mol. The van der Waals surface area contributed by atoms with E-state index in [1.165, 1.54) is 0 Å². The van der Waals surface area contributed by atoms with Crippen LogP contribution in [0.2, 0.25) is 0 Å². The van der Waals surface area contributed by atoms with Crippen LogP contribution in [-0.2, 0) is 0 Å². The molecule has 1 unspecified atom stereocenters. The molecule has 0 radical (unpaired) electrons. The Labute approximate surface area is 82.9 Å². The Morgan fingerprint density at radius 3 is 2.85 bits per heavy atom. The summed E-state index contributed by atoms with van der Waals surface area (Å²) < 4.78 is 0. The normalized spacial score (nSPS) is 12.8. The van der Waals surface area contributed by atoms with Gasteiger partial charge in [-0.1, -0.05) is 0 Å². The van der Waals surface area contributed by atoms with Crippen molar-refractivity contribution >= 4 is 17.6 Å². The number of nitrogens with two attached hydrogens (primary N) is 2. The maximum Gasteiger partial charge on any atom is 0.128 e. The Kier molecular flexibility index (Phi) is 3.57. The van der Waals surface area contributed by atoms with Crippen LogP contribution in [0.3, 0.4) is 0 Å². The second-order valence-electron chi connectivity index (χ2n) is 2.99. The molecule has 0 spiro atoms. The largest absolute Gasteiger partial charge is 0.383 e. The van der Waals surface area contributed by atoms with Gasteiger partial charge >= 0.3 is 0 Å². The first-order valence-corrected chi connectivity index (χ1v) is 5.51. The summed E-state index contributed by atoms with van der Waals surface area (Å²) in [6, 6.07) is 1.93. The molecule has 0 amide bonds.